The Balaban J connectivity index is 2.19. The van der Waals surface area contributed by atoms with Crippen LogP contribution >= 0.6 is 0 Å². The number of ether oxygens (including phenoxy) is 1. The maximum absolute atomic E-state index is 12.7. The molecule has 0 saturated heterocycles. The van der Waals surface area contributed by atoms with Crippen molar-refractivity contribution in [2.24, 2.45) is 0 Å². The first-order valence-corrected chi connectivity index (χ1v) is 14.4. The molecule has 0 aliphatic carbocycles. The fourth-order valence-electron chi connectivity index (χ4n) is 3.83. The molecule has 2 N–H and O–H groups in total. The minimum atomic E-state index is -3.76. The predicted molar refractivity (Wildman–Crippen MR) is 134 cm³/mol. The number of rotatable bonds is 21. The number of carboxylic acids is 1. The number of hydrogen-bond donors (Lipinski definition) is 2. The van der Waals surface area contributed by atoms with Crippen LogP contribution in [0.15, 0.2) is 29.2 Å². The summed E-state index contributed by atoms with van der Waals surface area (Å²) in [5.74, 6) is -1.04. The van der Waals surface area contributed by atoms with Gasteiger partial charge in [0.2, 0.25) is 10.0 Å². The van der Waals surface area contributed by atoms with Gasteiger partial charge < -0.3 is 9.84 Å². The van der Waals surface area contributed by atoms with E-state index >= 15 is 0 Å². The Kier molecular flexibility index (Phi) is 15.9. The molecule has 0 heterocycles. The van der Waals surface area contributed by atoms with Gasteiger partial charge >= 0.3 is 5.97 Å². The van der Waals surface area contributed by atoms with E-state index in [0.717, 1.165) is 19.3 Å². The zero-order valence-electron chi connectivity index (χ0n) is 20.7. The van der Waals surface area contributed by atoms with Crippen molar-refractivity contribution in [1.29, 1.82) is 0 Å². The molecule has 1 rings (SSSR count). The van der Waals surface area contributed by atoms with Crippen molar-refractivity contribution >= 4 is 16.0 Å². The summed E-state index contributed by atoms with van der Waals surface area (Å²) in [5, 5.41) is 9.19. The third-order valence-electron chi connectivity index (χ3n) is 5.88. The van der Waals surface area contributed by atoms with Gasteiger partial charge in [0, 0.05) is 6.54 Å². The van der Waals surface area contributed by atoms with E-state index in [1.54, 1.807) is 19.1 Å². The molecule has 0 aliphatic heterocycles. The fourth-order valence-corrected chi connectivity index (χ4v) is 5.04. The van der Waals surface area contributed by atoms with Gasteiger partial charge in [0.25, 0.3) is 0 Å². The Morgan fingerprint density at radius 2 is 1.33 bits per heavy atom. The van der Waals surface area contributed by atoms with Gasteiger partial charge in [-0.05, 0) is 25.0 Å². The van der Waals surface area contributed by atoms with E-state index in [2.05, 4.69) is 11.6 Å². The maximum atomic E-state index is 12.7. The number of hydrogen-bond acceptors (Lipinski definition) is 4. The molecular formula is C26H45NO5S. The zero-order valence-corrected chi connectivity index (χ0v) is 21.5. The van der Waals surface area contributed by atoms with Crippen molar-refractivity contribution < 1.29 is 23.1 Å². The largest absolute Gasteiger partial charge is 0.479 e. The molecule has 1 atom stereocenters. The fraction of sp³-hybridized carbons (Fsp3) is 0.731. The summed E-state index contributed by atoms with van der Waals surface area (Å²) in [6.45, 7) is 4.30. The molecule has 0 aromatic heterocycles. The van der Waals surface area contributed by atoms with Crippen LogP contribution in [0.5, 0.6) is 5.75 Å². The molecule has 1 unspecified atom stereocenters. The van der Waals surface area contributed by atoms with Crippen molar-refractivity contribution in [3.63, 3.8) is 0 Å². The Morgan fingerprint density at radius 1 is 0.848 bits per heavy atom. The lowest BCUT2D eigenvalue weighted by Crippen LogP contribution is -2.29. The molecule has 0 fully saturated rings. The number of benzene rings is 1. The quantitative estimate of drug-likeness (QED) is 0.190. The van der Waals surface area contributed by atoms with E-state index in [0.29, 0.717) is 6.54 Å². The van der Waals surface area contributed by atoms with Gasteiger partial charge in [-0.3, -0.25) is 0 Å². The van der Waals surface area contributed by atoms with Crippen molar-refractivity contribution in [2.45, 2.75) is 121 Å². The molecule has 0 saturated carbocycles. The second kappa shape index (κ2) is 17.8. The van der Waals surface area contributed by atoms with E-state index in [4.69, 9.17) is 4.74 Å². The van der Waals surface area contributed by atoms with Crippen molar-refractivity contribution in [3.8, 4) is 5.75 Å². The lowest BCUT2D eigenvalue weighted by molar-refractivity contribution is -0.145. The van der Waals surface area contributed by atoms with E-state index < -0.39 is 22.1 Å². The summed E-state index contributed by atoms with van der Waals surface area (Å²) in [6, 6.07) is 6.18. The lowest BCUT2D eigenvalue weighted by Gasteiger charge is -2.16. The predicted octanol–water partition coefficient (Wildman–Crippen LogP) is 6.69. The summed E-state index contributed by atoms with van der Waals surface area (Å²) in [4.78, 5) is 11.2. The highest BCUT2D eigenvalue weighted by Crippen LogP contribution is 2.25. The molecule has 33 heavy (non-hydrogen) atoms. The smallest absolute Gasteiger partial charge is 0.344 e. The first-order valence-electron chi connectivity index (χ1n) is 12.9. The highest BCUT2D eigenvalue weighted by Gasteiger charge is 2.23. The molecule has 0 aliphatic rings. The van der Waals surface area contributed by atoms with E-state index in [9.17, 15) is 18.3 Å². The molecule has 0 radical (unpaired) electrons. The van der Waals surface area contributed by atoms with Crippen LogP contribution in [-0.4, -0.2) is 32.1 Å². The second-order valence-corrected chi connectivity index (χ2v) is 10.5. The van der Waals surface area contributed by atoms with Gasteiger partial charge in [0.15, 0.2) is 6.10 Å². The zero-order chi connectivity index (χ0) is 24.4. The lowest BCUT2D eigenvalue weighted by atomic mass is 10.0. The molecule has 6 nitrogen and oxygen atoms in total. The van der Waals surface area contributed by atoms with Crippen LogP contribution in [0, 0.1) is 0 Å². The van der Waals surface area contributed by atoms with Crippen LogP contribution in [0.25, 0.3) is 0 Å². The molecule has 1 aromatic rings. The summed E-state index contributed by atoms with van der Waals surface area (Å²) in [7, 11) is -3.76. The Labute approximate surface area is 201 Å². The summed E-state index contributed by atoms with van der Waals surface area (Å²) in [5.41, 5.74) is 0. The second-order valence-electron chi connectivity index (χ2n) is 8.79. The number of unbranched alkanes of at least 4 members (excludes halogenated alkanes) is 13. The Bertz CT molecular complexity index is 751. The standard InChI is InChI=1S/C26H45NO5S/c1-3-5-6-7-8-9-10-11-12-13-14-15-16-19-22-27-33(30,31)25-21-18-17-20-24(25)32-23(4-2)26(28)29/h17-18,20-21,23,27H,3-16,19,22H2,1-2H3,(H,28,29). The van der Waals surface area contributed by atoms with Crippen molar-refractivity contribution in [2.75, 3.05) is 6.54 Å². The van der Waals surface area contributed by atoms with E-state index in [-0.39, 0.29) is 17.1 Å². The molecule has 7 heteroatoms. The number of sulfonamides is 1. The van der Waals surface area contributed by atoms with Crippen LogP contribution in [0.4, 0.5) is 0 Å². The first kappa shape index (κ1) is 29.4. The molecule has 0 spiro atoms. The first-order chi connectivity index (χ1) is 15.9. The highest BCUT2D eigenvalue weighted by molar-refractivity contribution is 7.89. The number of carboxylic acid groups (broad SMARTS) is 1. The third-order valence-corrected chi connectivity index (χ3v) is 7.38. The van der Waals surface area contributed by atoms with Crippen LogP contribution in [0.1, 0.15) is 110 Å². The molecule has 1 aromatic carbocycles. The number of nitrogens with one attached hydrogen (secondary N) is 1. The van der Waals surface area contributed by atoms with Gasteiger partial charge in [-0.1, -0.05) is 109 Å². The van der Waals surface area contributed by atoms with Gasteiger partial charge in [0.1, 0.15) is 10.6 Å². The number of aliphatic carboxylic acids is 1. The average Bonchev–Trinajstić information content (AvgIpc) is 2.80. The molecule has 0 amide bonds. The van der Waals surface area contributed by atoms with Gasteiger partial charge in [-0.15, -0.1) is 0 Å². The average molecular weight is 484 g/mol. The van der Waals surface area contributed by atoms with E-state index in [1.165, 1.54) is 82.8 Å². The summed E-state index contributed by atoms with van der Waals surface area (Å²) < 4.78 is 33.5. The molecule has 190 valence electrons. The minimum Gasteiger partial charge on any atom is -0.479 e. The van der Waals surface area contributed by atoms with Crippen LogP contribution in [0.2, 0.25) is 0 Å². The minimum absolute atomic E-state index is 0.0185. The summed E-state index contributed by atoms with van der Waals surface area (Å²) in [6.07, 6.45) is 16.7. The van der Waals surface area contributed by atoms with E-state index in [1.807, 2.05) is 0 Å². The maximum Gasteiger partial charge on any atom is 0.344 e. The highest BCUT2D eigenvalue weighted by atomic mass is 32.2. The summed E-state index contributed by atoms with van der Waals surface area (Å²) >= 11 is 0. The van der Waals surface area contributed by atoms with Crippen molar-refractivity contribution in [3.05, 3.63) is 24.3 Å². The van der Waals surface area contributed by atoms with Crippen LogP contribution in [-0.2, 0) is 14.8 Å². The normalized spacial score (nSPS) is 12.5. The third kappa shape index (κ3) is 13.0. The number of para-hydroxylation sites is 1. The Morgan fingerprint density at radius 3 is 1.82 bits per heavy atom. The Hall–Kier alpha value is -1.60. The number of carbonyl (C=O) groups is 1. The topological polar surface area (TPSA) is 92.7 Å². The van der Waals surface area contributed by atoms with Gasteiger partial charge in [-0.25, -0.2) is 17.9 Å². The van der Waals surface area contributed by atoms with Crippen LogP contribution < -0.4 is 9.46 Å². The van der Waals surface area contributed by atoms with Gasteiger partial charge in [0.05, 0.1) is 0 Å². The van der Waals surface area contributed by atoms with Gasteiger partial charge in [-0.2, -0.15) is 0 Å². The van der Waals surface area contributed by atoms with Crippen molar-refractivity contribution in [1.82, 2.24) is 4.72 Å². The SMILES string of the molecule is CCCCCCCCCCCCCCCCNS(=O)(=O)c1ccccc1OC(CC)C(=O)O. The van der Waals surface area contributed by atoms with Crippen LogP contribution in [0.3, 0.4) is 0 Å². The monoisotopic (exact) mass is 483 g/mol. The molecular weight excluding hydrogens is 438 g/mol. The molecule has 0 bridgehead atoms.